The Bertz CT molecular complexity index is 325. The maximum atomic E-state index is 9.34. The quantitative estimate of drug-likeness (QED) is 0.797. The van der Waals surface area contributed by atoms with Gasteiger partial charge in [-0.25, -0.2) is 0 Å². The largest absolute Gasteiger partial charge is 0.377 e. The molecule has 1 heterocycles. The van der Waals surface area contributed by atoms with Crippen molar-refractivity contribution < 1.29 is 14.6 Å². The lowest BCUT2D eigenvalue weighted by Crippen LogP contribution is -2.16. The first-order valence-corrected chi connectivity index (χ1v) is 6.21. The highest BCUT2D eigenvalue weighted by Crippen LogP contribution is 2.26. The lowest BCUT2D eigenvalue weighted by molar-refractivity contribution is -0.0981. The van der Waals surface area contributed by atoms with Crippen LogP contribution >= 0.6 is 0 Å². The first kappa shape index (κ1) is 12.6. The fourth-order valence-corrected chi connectivity index (χ4v) is 2.18. The highest BCUT2D eigenvalue weighted by molar-refractivity contribution is 5.13. The zero-order chi connectivity index (χ0) is 12.1. The predicted octanol–water partition coefficient (Wildman–Crippen LogP) is 2.34. The monoisotopic (exact) mass is 236 g/mol. The molecule has 1 saturated heterocycles. The predicted molar refractivity (Wildman–Crippen MR) is 65.4 cm³/mol. The molecule has 3 heteroatoms. The molecule has 0 bridgehead atoms. The second-order valence-electron chi connectivity index (χ2n) is 4.67. The van der Waals surface area contributed by atoms with E-state index < -0.39 is 6.29 Å². The first-order chi connectivity index (χ1) is 8.25. The van der Waals surface area contributed by atoms with Crippen LogP contribution in [-0.2, 0) is 16.1 Å². The Hall–Kier alpha value is -0.900. The summed E-state index contributed by atoms with van der Waals surface area (Å²) in [6.07, 6.45) is 1.15. The molecular formula is C14H20O3. The van der Waals surface area contributed by atoms with E-state index in [0.29, 0.717) is 19.1 Å². The Balaban J connectivity index is 1.64. The summed E-state index contributed by atoms with van der Waals surface area (Å²) in [5.74, 6) is 0.422. The minimum absolute atomic E-state index is 0.140. The van der Waals surface area contributed by atoms with Crippen molar-refractivity contribution in [3.8, 4) is 0 Å². The van der Waals surface area contributed by atoms with Crippen LogP contribution in [0.5, 0.6) is 0 Å². The summed E-state index contributed by atoms with van der Waals surface area (Å²) in [4.78, 5) is 0. The van der Waals surface area contributed by atoms with Crippen molar-refractivity contribution in [2.24, 2.45) is 5.92 Å². The van der Waals surface area contributed by atoms with Crippen LogP contribution in [0, 0.1) is 5.92 Å². The van der Waals surface area contributed by atoms with Crippen molar-refractivity contribution in [1.29, 1.82) is 0 Å². The van der Waals surface area contributed by atoms with E-state index >= 15 is 0 Å². The molecule has 1 fully saturated rings. The van der Waals surface area contributed by atoms with E-state index in [1.165, 1.54) is 5.56 Å². The summed E-state index contributed by atoms with van der Waals surface area (Å²) in [6.45, 7) is 3.43. The van der Waals surface area contributed by atoms with Gasteiger partial charge in [-0.2, -0.15) is 0 Å². The Labute approximate surface area is 102 Å². The van der Waals surface area contributed by atoms with Crippen LogP contribution in [0.2, 0.25) is 0 Å². The number of aliphatic hydroxyl groups is 1. The van der Waals surface area contributed by atoms with Crippen molar-refractivity contribution in [3.63, 3.8) is 0 Å². The highest BCUT2D eigenvalue weighted by Gasteiger charge is 2.30. The summed E-state index contributed by atoms with van der Waals surface area (Å²) >= 11 is 0. The molecule has 1 aromatic rings. The molecule has 0 aromatic heterocycles. The minimum Gasteiger partial charge on any atom is -0.377 e. The van der Waals surface area contributed by atoms with E-state index in [1.807, 2.05) is 18.2 Å². The lowest BCUT2D eigenvalue weighted by atomic mass is 10.0. The topological polar surface area (TPSA) is 38.7 Å². The van der Waals surface area contributed by atoms with Gasteiger partial charge >= 0.3 is 0 Å². The van der Waals surface area contributed by atoms with Crippen LogP contribution in [0.15, 0.2) is 30.3 Å². The smallest absolute Gasteiger partial charge is 0.155 e. The van der Waals surface area contributed by atoms with Gasteiger partial charge in [0.15, 0.2) is 6.29 Å². The van der Waals surface area contributed by atoms with Crippen molar-refractivity contribution >= 4 is 0 Å². The fraction of sp³-hybridized carbons (Fsp3) is 0.571. The van der Waals surface area contributed by atoms with E-state index in [2.05, 4.69) is 19.1 Å². The van der Waals surface area contributed by atoms with E-state index in [1.54, 1.807) is 0 Å². The number of hydrogen-bond acceptors (Lipinski definition) is 3. The van der Waals surface area contributed by atoms with Gasteiger partial charge in [-0.1, -0.05) is 37.3 Å². The molecule has 0 amide bonds. The zero-order valence-corrected chi connectivity index (χ0v) is 10.2. The van der Waals surface area contributed by atoms with Gasteiger partial charge in [-0.3, -0.25) is 0 Å². The molecule has 2 rings (SSSR count). The van der Waals surface area contributed by atoms with Crippen LogP contribution < -0.4 is 0 Å². The van der Waals surface area contributed by atoms with Crippen LogP contribution in [0.25, 0.3) is 0 Å². The molecule has 0 saturated carbocycles. The van der Waals surface area contributed by atoms with Gasteiger partial charge < -0.3 is 14.6 Å². The Morgan fingerprint density at radius 3 is 2.76 bits per heavy atom. The number of ether oxygens (including phenoxy) is 2. The third kappa shape index (κ3) is 3.80. The standard InChI is InChI=1S/C14H20O3/c1-11-9-14(15)17-13(11)7-8-16-10-12-5-3-2-4-6-12/h2-6,11,13-15H,7-10H2,1H3/t11-,13+,14?/m0/s1. The summed E-state index contributed by atoms with van der Waals surface area (Å²) in [6, 6.07) is 10.1. The van der Waals surface area contributed by atoms with Gasteiger partial charge in [0, 0.05) is 13.0 Å². The second-order valence-corrected chi connectivity index (χ2v) is 4.67. The average Bonchev–Trinajstić information content (AvgIpc) is 2.65. The Kier molecular flexibility index (Phi) is 4.54. The van der Waals surface area contributed by atoms with Crippen molar-refractivity contribution in [3.05, 3.63) is 35.9 Å². The number of rotatable bonds is 5. The number of hydrogen-bond donors (Lipinski definition) is 1. The average molecular weight is 236 g/mol. The molecule has 1 N–H and O–H groups in total. The molecule has 0 aliphatic carbocycles. The molecule has 1 aliphatic rings. The van der Waals surface area contributed by atoms with Crippen LogP contribution in [0.3, 0.4) is 0 Å². The second kappa shape index (κ2) is 6.15. The van der Waals surface area contributed by atoms with Gasteiger partial charge in [0.05, 0.1) is 12.7 Å². The van der Waals surface area contributed by atoms with Crippen LogP contribution in [-0.4, -0.2) is 24.1 Å². The fourth-order valence-electron chi connectivity index (χ4n) is 2.18. The maximum Gasteiger partial charge on any atom is 0.155 e. The minimum atomic E-state index is -0.580. The molecule has 3 nitrogen and oxygen atoms in total. The Morgan fingerprint density at radius 2 is 2.12 bits per heavy atom. The van der Waals surface area contributed by atoms with Gasteiger partial charge in [-0.05, 0) is 17.9 Å². The maximum absolute atomic E-state index is 9.34. The Morgan fingerprint density at radius 1 is 1.35 bits per heavy atom. The van der Waals surface area contributed by atoms with Crippen LogP contribution in [0.4, 0.5) is 0 Å². The van der Waals surface area contributed by atoms with Crippen molar-refractivity contribution in [2.45, 2.75) is 38.8 Å². The summed E-state index contributed by atoms with van der Waals surface area (Å²) in [5.41, 5.74) is 1.19. The number of benzene rings is 1. The van der Waals surface area contributed by atoms with Crippen molar-refractivity contribution in [2.75, 3.05) is 6.61 Å². The third-order valence-electron chi connectivity index (χ3n) is 3.20. The van der Waals surface area contributed by atoms with Gasteiger partial charge in [0.1, 0.15) is 0 Å². The molecule has 94 valence electrons. The van der Waals surface area contributed by atoms with E-state index in [4.69, 9.17) is 9.47 Å². The summed E-state index contributed by atoms with van der Waals surface area (Å²) < 4.78 is 11.0. The highest BCUT2D eigenvalue weighted by atomic mass is 16.6. The molecule has 0 spiro atoms. The molecular weight excluding hydrogens is 216 g/mol. The molecule has 1 aromatic carbocycles. The van der Waals surface area contributed by atoms with E-state index in [-0.39, 0.29) is 6.10 Å². The normalized spacial score (nSPS) is 28.5. The molecule has 1 aliphatic heterocycles. The number of aliphatic hydroxyl groups excluding tert-OH is 1. The zero-order valence-electron chi connectivity index (χ0n) is 10.2. The first-order valence-electron chi connectivity index (χ1n) is 6.21. The van der Waals surface area contributed by atoms with E-state index in [9.17, 15) is 5.11 Å². The molecule has 17 heavy (non-hydrogen) atoms. The van der Waals surface area contributed by atoms with Gasteiger partial charge in [0.25, 0.3) is 0 Å². The molecule has 3 atom stereocenters. The van der Waals surface area contributed by atoms with E-state index in [0.717, 1.165) is 12.8 Å². The summed E-state index contributed by atoms with van der Waals surface area (Å²) in [5, 5.41) is 9.34. The van der Waals surface area contributed by atoms with Gasteiger partial charge in [-0.15, -0.1) is 0 Å². The third-order valence-corrected chi connectivity index (χ3v) is 3.20. The van der Waals surface area contributed by atoms with Gasteiger partial charge in [0.2, 0.25) is 0 Å². The molecule has 0 radical (unpaired) electrons. The van der Waals surface area contributed by atoms with Crippen molar-refractivity contribution in [1.82, 2.24) is 0 Å². The lowest BCUT2D eigenvalue weighted by Gasteiger charge is -2.14. The SMILES string of the molecule is C[C@H]1CC(O)O[C@@H]1CCOCc1ccccc1. The summed E-state index contributed by atoms with van der Waals surface area (Å²) in [7, 11) is 0. The van der Waals surface area contributed by atoms with Crippen LogP contribution in [0.1, 0.15) is 25.3 Å². The molecule has 1 unspecified atom stereocenters.